The summed E-state index contributed by atoms with van der Waals surface area (Å²) in [4.78, 5) is 40.0. The zero-order valence-electron chi connectivity index (χ0n) is 20.7. The van der Waals surface area contributed by atoms with E-state index in [2.05, 4.69) is 0 Å². The van der Waals surface area contributed by atoms with Crippen LogP contribution in [0.15, 0.2) is 60.8 Å². The summed E-state index contributed by atoms with van der Waals surface area (Å²) < 4.78 is 6.97. The highest BCUT2D eigenvalue weighted by molar-refractivity contribution is 6.03. The number of Topliss-reactive ketones (excluding diaryl/α,β-unsaturated/α-hetero) is 1. The third-order valence-corrected chi connectivity index (χ3v) is 5.33. The number of carbonyl (C=O) groups excluding carboxylic acids is 3. The number of nitrogens with zero attached hydrogens (tertiary/aromatic N) is 2. The van der Waals surface area contributed by atoms with Gasteiger partial charge in [-0.1, -0.05) is 48.0 Å². The molecule has 3 rings (SSSR count). The van der Waals surface area contributed by atoms with Crippen LogP contribution in [0.25, 0.3) is 17.0 Å². The SMILES string of the molecule is Cc1ccc(C(=O)CN(C(=O)/C=C/c2cn(C(=O)OC(C)(C)C)c3ccccc23)C(C)C)cc1. The first kappa shape index (κ1) is 25.0. The first-order chi connectivity index (χ1) is 16.0. The zero-order chi connectivity index (χ0) is 25.0. The van der Waals surface area contributed by atoms with E-state index in [1.54, 1.807) is 24.4 Å². The van der Waals surface area contributed by atoms with Crippen molar-refractivity contribution in [3.8, 4) is 0 Å². The second kappa shape index (κ2) is 10.1. The number of rotatable bonds is 6. The summed E-state index contributed by atoms with van der Waals surface area (Å²) in [5.41, 5.74) is 2.42. The number of ether oxygens (including phenoxy) is 1. The first-order valence-electron chi connectivity index (χ1n) is 11.4. The Kier molecular flexibility index (Phi) is 7.40. The fraction of sp³-hybridized carbons (Fsp3) is 0.321. The first-order valence-corrected chi connectivity index (χ1v) is 11.4. The van der Waals surface area contributed by atoms with E-state index in [1.165, 1.54) is 15.5 Å². The van der Waals surface area contributed by atoms with Crippen LogP contribution in [-0.2, 0) is 9.53 Å². The Bertz CT molecular complexity index is 1230. The van der Waals surface area contributed by atoms with Crippen LogP contribution in [0.3, 0.4) is 0 Å². The van der Waals surface area contributed by atoms with E-state index in [0.29, 0.717) is 16.6 Å². The van der Waals surface area contributed by atoms with Gasteiger partial charge in [0, 0.05) is 34.8 Å². The predicted octanol–water partition coefficient (Wildman–Crippen LogP) is 5.87. The maximum absolute atomic E-state index is 13.0. The Labute approximate surface area is 200 Å². The van der Waals surface area contributed by atoms with Crippen LogP contribution in [0, 0.1) is 6.92 Å². The van der Waals surface area contributed by atoms with Crippen molar-refractivity contribution < 1.29 is 19.1 Å². The van der Waals surface area contributed by atoms with Gasteiger partial charge in [-0.2, -0.15) is 0 Å². The van der Waals surface area contributed by atoms with Crippen LogP contribution in [0.1, 0.15) is 56.1 Å². The number of benzene rings is 2. The Balaban J connectivity index is 1.84. The van der Waals surface area contributed by atoms with Gasteiger partial charge in [0.25, 0.3) is 0 Å². The molecule has 0 saturated carbocycles. The van der Waals surface area contributed by atoms with Crippen molar-refractivity contribution in [3.63, 3.8) is 0 Å². The molecule has 1 amide bonds. The fourth-order valence-corrected chi connectivity index (χ4v) is 3.56. The summed E-state index contributed by atoms with van der Waals surface area (Å²) in [6, 6.07) is 14.6. The number of aryl methyl sites for hydroxylation is 1. The molecule has 6 nitrogen and oxygen atoms in total. The van der Waals surface area contributed by atoms with Gasteiger partial charge in [0.15, 0.2) is 5.78 Å². The lowest BCUT2D eigenvalue weighted by atomic mass is 10.1. The van der Waals surface area contributed by atoms with Gasteiger partial charge in [-0.3, -0.25) is 14.2 Å². The van der Waals surface area contributed by atoms with Crippen LogP contribution < -0.4 is 0 Å². The Morgan fingerprint density at radius 1 is 1.03 bits per heavy atom. The van der Waals surface area contributed by atoms with Crippen molar-refractivity contribution >= 4 is 34.8 Å². The number of hydrogen-bond acceptors (Lipinski definition) is 4. The fourth-order valence-electron chi connectivity index (χ4n) is 3.56. The van der Waals surface area contributed by atoms with Gasteiger partial charge >= 0.3 is 6.09 Å². The molecule has 0 spiro atoms. The smallest absolute Gasteiger partial charge is 0.419 e. The molecule has 0 aliphatic heterocycles. The average Bonchev–Trinajstić information content (AvgIpc) is 3.14. The summed E-state index contributed by atoms with van der Waals surface area (Å²) >= 11 is 0. The minimum atomic E-state index is -0.629. The number of para-hydroxylation sites is 1. The van der Waals surface area contributed by atoms with Crippen molar-refractivity contribution in [2.24, 2.45) is 0 Å². The van der Waals surface area contributed by atoms with Crippen molar-refractivity contribution in [2.45, 2.75) is 53.2 Å². The Morgan fingerprint density at radius 3 is 2.29 bits per heavy atom. The number of amides is 1. The number of ketones is 1. The number of carbonyl (C=O) groups is 3. The normalized spacial score (nSPS) is 11.9. The van der Waals surface area contributed by atoms with Gasteiger partial charge in [0.1, 0.15) is 5.60 Å². The molecule has 0 saturated heterocycles. The summed E-state index contributed by atoms with van der Waals surface area (Å²) in [7, 11) is 0. The molecule has 0 bridgehead atoms. The van der Waals surface area contributed by atoms with Crippen LogP contribution >= 0.6 is 0 Å². The largest absolute Gasteiger partial charge is 0.443 e. The Hall–Kier alpha value is -3.67. The number of fused-ring (bicyclic) bond motifs is 1. The summed E-state index contributed by atoms with van der Waals surface area (Å²) in [5, 5.41) is 0.823. The van der Waals surface area contributed by atoms with E-state index >= 15 is 0 Å². The highest BCUT2D eigenvalue weighted by Gasteiger charge is 2.21. The third kappa shape index (κ3) is 6.01. The average molecular weight is 461 g/mol. The molecule has 2 aromatic carbocycles. The molecule has 0 atom stereocenters. The predicted molar refractivity (Wildman–Crippen MR) is 135 cm³/mol. The van der Waals surface area contributed by atoms with Crippen LogP contribution in [0.5, 0.6) is 0 Å². The van der Waals surface area contributed by atoms with Gasteiger partial charge < -0.3 is 9.64 Å². The van der Waals surface area contributed by atoms with E-state index in [1.807, 2.05) is 77.9 Å². The summed E-state index contributed by atoms with van der Waals surface area (Å²) in [5.74, 6) is -0.387. The topological polar surface area (TPSA) is 68.6 Å². The molecular weight excluding hydrogens is 428 g/mol. The molecule has 0 fully saturated rings. The van der Waals surface area contributed by atoms with E-state index < -0.39 is 11.7 Å². The quantitative estimate of drug-likeness (QED) is 0.341. The van der Waals surface area contributed by atoms with Crippen LogP contribution in [0.4, 0.5) is 4.79 Å². The lowest BCUT2D eigenvalue weighted by molar-refractivity contribution is -0.127. The van der Waals surface area contributed by atoms with E-state index in [0.717, 1.165) is 10.9 Å². The summed E-state index contributed by atoms with van der Waals surface area (Å²) in [6.45, 7) is 11.1. The summed E-state index contributed by atoms with van der Waals surface area (Å²) in [6.07, 6.45) is 4.31. The molecule has 178 valence electrons. The number of aromatic nitrogens is 1. The standard InChI is InChI=1S/C28H32N2O4/c1-19(2)29(18-25(31)21-13-11-20(3)12-14-21)26(32)16-15-22-17-30(27(33)34-28(4,5)6)24-10-8-7-9-23(22)24/h7-17,19H,18H2,1-6H3/b16-15+. The maximum Gasteiger partial charge on any atom is 0.419 e. The minimum Gasteiger partial charge on any atom is -0.443 e. The van der Waals surface area contributed by atoms with Crippen molar-refractivity contribution in [2.75, 3.05) is 6.54 Å². The molecule has 0 aliphatic rings. The maximum atomic E-state index is 13.0. The third-order valence-electron chi connectivity index (χ3n) is 5.33. The second-order valence-electron chi connectivity index (χ2n) is 9.63. The van der Waals surface area contributed by atoms with Crippen molar-refractivity contribution in [3.05, 3.63) is 77.5 Å². The molecule has 6 heteroatoms. The molecule has 3 aromatic rings. The van der Waals surface area contributed by atoms with Gasteiger partial charge in [-0.25, -0.2) is 4.79 Å². The van der Waals surface area contributed by atoms with Gasteiger partial charge in [0.05, 0.1) is 12.1 Å². The van der Waals surface area contributed by atoms with Crippen LogP contribution in [-0.4, -0.2) is 45.4 Å². The highest BCUT2D eigenvalue weighted by Crippen LogP contribution is 2.24. The lowest BCUT2D eigenvalue weighted by Crippen LogP contribution is -2.39. The van der Waals surface area contributed by atoms with E-state index in [9.17, 15) is 14.4 Å². The van der Waals surface area contributed by atoms with Gasteiger partial charge in [-0.15, -0.1) is 0 Å². The molecule has 0 aliphatic carbocycles. The van der Waals surface area contributed by atoms with Crippen molar-refractivity contribution in [1.29, 1.82) is 0 Å². The molecule has 0 N–H and O–H groups in total. The van der Waals surface area contributed by atoms with Gasteiger partial charge in [-0.05, 0) is 53.7 Å². The second-order valence-corrected chi connectivity index (χ2v) is 9.63. The lowest BCUT2D eigenvalue weighted by Gasteiger charge is -2.24. The van der Waals surface area contributed by atoms with Crippen LogP contribution in [0.2, 0.25) is 0 Å². The molecular formula is C28H32N2O4. The molecule has 1 aromatic heterocycles. The molecule has 0 radical (unpaired) electrons. The number of hydrogen-bond donors (Lipinski definition) is 0. The highest BCUT2D eigenvalue weighted by atomic mass is 16.6. The molecule has 1 heterocycles. The minimum absolute atomic E-state index is 0.0103. The molecule has 0 unspecified atom stereocenters. The Morgan fingerprint density at radius 2 is 1.68 bits per heavy atom. The van der Waals surface area contributed by atoms with Crippen molar-refractivity contribution in [1.82, 2.24) is 9.47 Å². The molecule has 34 heavy (non-hydrogen) atoms. The van der Waals surface area contributed by atoms with E-state index in [4.69, 9.17) is 4.74 Å². The van der Waals surface area contributed by atoms with Gasteiger partial charge in [0.2, 0.25) is 5.91 Å². The zero-order valence-corrected chi connectivity index (χ0v) is 20.7. The monoisotopic (exact) mass is 460 g/mol. The van der Waals surface area contributed by atoms with E-state index in [-0.39, 0.29) is 24.3 Å².